The third-order valence-corrected chi connectivity index (χ3v) is 5.41. The van der Waals surface area contributed by atoms with E-state index in [4.69, 9.17) is 14.2 Å². The molecule has 0 unspecified atom stereocenters. The molecule has 0 aromatic heterocycles. The van der Waals surface area contributed by atoms with E-state index < -0.39 is 0 Å². The van der Waals surface area contributed by atoms with Gasteiger partial charge in [0.2, 0.25) is 11.7 Å². The minimum absolute atomic E-state index is 0.0851. The predicted octanol–water partition coefficient (Wildman–Crippen LogP) is 4.31. The van der Waals surface area contributed by atoms with Crippen molar-refractivity contribution in [3.05, 3.63) is 83.6 Å². The number of carbonyl (C=O) groups excluding carboxylic acids is 3. The lowest BCUT2D eigenvalue weighted by atomic mass is 10.1. The fourth-order valence-electron chi connectivity index (χ4n) is 3.44. The van der Waals surface area contributed by atoms with Crippen molar-refractivity contribution in [2.24, 2.45) is 0 Å². The van der Waals surface area contributed by atoms with Crippen LogP contribution in [0.3, 0.4) is 0 Å². The smallest absolute Gasteiger partial charge is 0.262 e. The van der Waals surface area contributed by atoms with Gasteiger partial charge >= 0.3 is 0 Å². The summed E-state index contributed by atoms with van der Waals surface area (Å²) in [5, 5.41) is 2.74. The van der Waals surface area contributed by atoms with Gasteiger partial charge in [-0.05, 0) is 60.2 Å². The van der Waals surface area contributed by atoms with Gasteiger partial charge in [0.05, 0.1) is 12.7 Å². The summed E-state index contributed by atoms with van der Waals surface area (Å²) in [6, 6.07) is 19.0. The molecule has 0 saturated heterocycles. The summed E-state index contributed by atoms with van der Waals surface area (Å²) in [5.41, 5.74) is 2.50. The molecule has 0 spiro atoms. The van der Waals surface area contributed by atoms with Crippen LogP contribution in [0.15, 0.2) is 72.5 Å². The molecular formula is C27H24N2O6. The second-order valence-corrected chi connectivity index (χ2v) is 7.84. The van der Waals surface area contributed by atoms with Crippen LogP contribution in [0.5, 0.6) is 17.2 Å². The topological polar surface area (TPSA) is 94.2 Å². The van der Waals surface area contributed by atoms with E-state index in [0.29, 0.717) is 28.5 Å². The minimum Gasteiger partial charge on any atom is -0.497 e. The van der Waals surface area contributed by atoms with Gasteiger partial charge in [0, 0.05) is 31.4 Å². The van der Waals surface area contributed by atoms with Crippen LogP contribution in [0, 0.1) is 0 Å². The van der Waals surface area contributed by atoms with Crippen LogP contribution in [0.4, 0.5) is 11.4 Å². The van der Waals surface area contributed by atoms with E-state index in [1.807, 2.05) is 18.2 Å². The molecule has 1 N–H and O–H groups in total. The van der Waals surface area contributed by atoms with Gasteiger partial charge < -0.3 is 24.4 Å². The third kappa shape index (κ3) is 5.50. The molecule has 4 rings (SSSR count). The van der Waals surface area contributed by atoms with Crippen molar-refractivity contribution >= 4 is 35.0 Å². The molecule has 1 heterocycles. The Labute approximate surface area is 202 Å². The molecule has 1 aliphatic rings. The van der Waals surface area contributed by atoms with Crippen LogP contribution < -0.4 is 24.4 Å². The summed E-state index contributed by atoms with van der Waals surface area (Å²) >= 11 is 0. The molecule has 0 fully saturated rings. The SMILES string of the molecule is COc1cccc(C=C2Oc3cc(OCC(=O)Nc4ccc(N(C)C(C)=O)cc4)ccc3C2=O)c1. The lowest BCUT2D eigenvalue weighted by Crippen LogP contribution is -2.23. The van der Waals surface area contributed by atoms with E-state index in [0.717, 1.165) is 11.3 Å². The molecule has 0 bridgehead atoms. The Morgan fingerprint density at radius 3 is 2.51 bits per heavy atom. The lowest BCUT2D eigenvalue weighted by Gasteiger charge is -2.15. The quantitative estimate of drug-likeness (QED) is 0.515. The van der Waals surface area contributed by atoms with Crippen LogP contribution in [0.2, 0.25) is 0 Å². The van der Waals surface area contributed by atoms with E-state index in [2.05, 4.69) is 5.32 Å². The molecule has 0 saturated carbocycles. The maximum absolute atomic E-state index is 12.7. The van der Waals surface area contributed by atoms with Crippen LogP contribution in [-0.4, -0.2) is 38.4 Å². The number of rotatable bonds is 7. The highest BCUT2D eigenvalue weighted by Crippen LogP contribution is 2.35. The van der Waals surface area contributed by atoms with Gasteiger partial charge in [0.1, 0.15) is 17.2 Å². The van der Waals surface area contributed by atoms with E-state index >= 15 is 0 Å². The summed E-state index contributed by atoms with van der Waals surface area (Å²) in [6.07, 6.45) is 1.65. The average Bonchev–Trinajstić information content (AvgIpc) is 3.17. The van der Waals surface area contributed by atoms with Crippen molar-refractivity contribution < 1.29 is 28.6 Å². The predicted molar refractivity (Wildman–Crippen MR) is 132 cm³/mol. The number of allylic oxidation sites excluding steroid dienone is 1. The number of nitrogens with zero attached hydrogens (tertiary/aromatic N) is 1. The van der Waals surface area contributed by atoms with Gasteiger partial charge in [-0.25, -0.2) is 0 Å². The highest BCUT2D eigenvalue weighted by Gasteiger charge is 2.27. The lowest BCUT2D eigenvalue weighted by molar-refractivity contribution is -0.118. The molecule has 3 aromatic carbocycles. The fourth-order valence-corrected chi connectivity index (χ4v) is 3.44. The monoisotopic (exact) mass is 472 g/mol. The number of anilines is 2. The first-order valence-electron chi connectivity index (χ1n) is 10.8. The van der Waals surface area contributed by atoms with Crippen LogP contribution >= 0.6 is 0 Å². The summed E-state index contributed by atoms with van der Waals surface area (Å²) in [4.78, 5) is 37.9. The van der Waals surface area contributed by atoms with E-state index in [9.17, 15) is 14.4 Å². The molecule has 0 aliphatic carbocycles. The van der Waals surface area contributed by atoms with Crippen molar-refractivity contribution in [3.63, 3.8) is 0 Å². The molecule has 1 aliphatic heterocycles. The Morgan fingerprint density at radius 1 is 1.03 bits per heavy atom. The van der Waals surface area contributed by atoms with Gasteiger partial charge in [-0.15, -0.1) is 0 Å². The van der Waals surface area contributed by atoms with Crippen molar-refractivity contribution in [1.82, 2.24) is 0 Å². The van der Waals surface area contributed by atoms with Gasteiger partial charge in [-0.1, -0.05) is 12.1 Å². The second-order valence-electron chi connectivity index (χ2n) is 7.84. The summed E-state index contributed by atoms with van der Waals surface area (Å²) in [7, 11) is 3.25. The van der Waals surface area contributed by atoms with Gasteiger partial charge in [0.25, 0.3) is 5.91 Å². The highest BCUT2D eigenvalue weighted by molar-refractivity contribution is 6.14. The highest BCUT2D eigenvalue weighted by atomic mass is 16.5. The summed E-state index contributed by atoms with van der Waals surface area (Å²) < 4.78 is 16.5. The number of amides is 2. The number of nitrogens with one attached hydrogen (secondary N) is 1. The first kappa shape index (κ1) is 23.6. The largest absolute Gasteiger partial charge is 0.497 e. The molecular weight excluding hydrogens is 448 g/mol. The molecule has 178 valence electrons. The average molecular weight is 472 g/mol. The number of carbonyl (C=O) groups is 3. The van der Waals surface area contributed by atoms with Crippen LogP contribution in [0.1, 0.15) is 22.8 Å². The van der Waals surface area contributed by atoms with Crippen LogP contribution in [-0.2, 0) is 9.59 Å². The molecule has 8 heteroatoms. The molecule has 2 amide bonds. The molecule has 3 aromatic rings. The normalized spacial score (nSPS) is 13.1. The van der Waals surface area contributed by atoms with E-state index in [1.54, 1.807) is 68.8 Å². The first-order chi connectivity index (χ1) is 16.8. The number of Topliss-reactive ketones (excluding diaryl/α,β-unsaturated/α-hetero) is 1. The maximum Gasteiger partial charge on any atom is 0.262 e. The maximum atomic E-state index is 12.7. The first-order valence-corrected chi connectivity index (χ1v) is 10.8. The number of fused-ring (bicyclic) bond motifs is 1. The van der Waals surface area contributed by atoms with Gasteiger partial charge in [-0.2, -0.15) is 0 Å². The standard InChI is InChI=1S/C27H24N2O6/c1-17(30)29(2)20-9-7-19(8-10-20)28-26(31)16-34-22-11-12-23-24(15-22)35-25(27(23)32)14-18-5-4-6-21(13-18)33-3/h4-15H,16H2,1-3H3,(H,28,31). The molecule has 0 radical (unpaired) electrons. The number of ketones is 1. The van der Waals surface area contributed by atoms with Gasteiger partial charge in [-0.3, -0.25) is 14.4 Å². The van der Waals surface area contributed by atoms with Crippen molar-refractivity contribution in [1.29, 1.82) is 0 Å². The second kappa shape index (κ2) is 10.1. The Bertz CT molecular complexity index is 1310. The Hall–Kier alpha value is -4.59. The molecule has 8 nitrogen and oxygen atoms in total. The molecule has 35 heavy (non-hydrogen) atoms. The summed E-state index contributed by atoms with van der Waals surface area (Å²) in [6.45, 7) is 1.25. The number of ether oxygens (including phenoxy) is 3. The Balaban J connectivity index is 1.36. The van der Waals surface area contributed by atoms with E-state index in [-0.39, 0.29) is 30.0 Å². The zero-order valence-electron chi connectivity index (χ0n) is 19.5. The molecule has 0 atom stereocenters. The zero-order valence-corrected chi connectivity index (χ0v) is 19.5. The Morgan fingerprint density at radius 2 is 1.80 bits per heavy atom. The van der Waals surface area contributed by atoms with Gasteiger partial charge in [0.15, 0.2) is 12.4 Å². The summed E-state index contributed by atoms with van der Waals surface area (Å²) in [5.74, 6) is 0.968. The van der Waals surface area contributed by atoms with Crippen LogP contribution in [0.25, 0.3) is 6.08 Å². The van der Waals surface area contributed by atoms with Crippen molar-refractivity contribution in [2.75, 3.05) is 31.0 Å². The number of benzene rings is 3. The number of hydrogen-bond acceptors (Lipinski definition) is 6. The van der Waals surface area contributed by atoms with E-state index in [1.165, 1.54) is 11.8 Å². The van der Waals surface area contributed by atoms with Crippen molar-refractivity contribution in [3.8, 4) is 17.2 Å². The number of hydrogen-bond donors (Lipinski definition) is 1. The Kier molecular flexibility index (Phi) is 6.82. The third-order valence-electron chi connectivity index (χ3n) is 5.41. The number of methoxy groups -OCH3 is 1. The zero-order chi connectivity index (χ0) is 24.9. The fraction of sp³-hybridized carbons (Fsp3) is 0.148. The van der Waals surface area contributed by atoms with Crippen molar-refractivity contribution in [2.45, 2.75) is 6.92 Å². The minimum atomic E-state index is -0.353.